The van der Waals surface area contributed by atoms with E-state index in [0.717, 1.165) is 39.0 Å². The van der Waals surface area contributed by atoms with Gasteiger partial charge in [-0.2, -0.15) is 5.10 Å². The Labute approximate surface area is 131 Å². The maximum atomic E-state index is 12.5. The Morgan fingerprint density at radius 1 is 1.27 bits per heavy atom. The van der Waals surface area contributed by atoms with Gasteiger partial charge < -0.3 is 4.90 Å². The maximum Gasteiger partial charge on any atom is 0.185 e. The van der Waals surface area contributed by atoms with E-state index in [1.807, 2.05) is 35.1 Å². The van der Waals surface area contributed by atoms with Gasteiger partial charge in [-0.15, -0.1) is 0 Å². The zero-order chi connectivity index (χ0) is 15.4. The van der Waals surface area contributed by atoms with Crippen LogP contribution in [0.1, 0.15) is 29.0 Å². The molecule has 1 atom stereocenters. The molecule has 1 aliphatic rings. The van der Waals surface area contributed by atoms with E-state index in [1.54, 1.807) is 6.20 Å². The largest absolute Gasteiger partial charge is 0.301 e. The number of rotatable bonds is 5. The molecule has 0 aromatic carbocycles. The number of hydrogen-bond donors (Lipinski definition) is 0. The molecule has 2 aromatic rings. The lowest BCUT2D eigenvalue weighted by Gasteiger charge is -2.31. The van der Waals surface area contributed by atoms with E-state index in [-0.39, 0.29) is 11.7 Å². The smallest absolute Gasteiger partial charge is 0.185 e. The highest BCUT2D eigenvalue weighted by molar-refractivity contribution is 5.96. The Morgan fingerprint density at radius 3 is 2.91 bits per heavy atom. The van der Waals surface area contributed by atoms with E-state index in [0.29, 0.717) is 5.69 Å². The molecular formula is C17H22N4O. The molecular weight excluding hydrogens is 276 g/mol. The van der Waals surface area contributed by atoms with E-state index < -0.39 is 0 Å². The van der Waals surface area contributed by atoms with Gasteiger partial charge in [-0.05, 0) is 44.5 Å². The molecule has 5 heteroatoms. The molecule has 3 heterocycles. The Bertz CT molecular complexity index is 623. The predicted octanol–water partition coefficient (Wildman–Crippen LogP) is 2.18. The molecule has 0 radical (unpaired) electrons. The highest BCUT2D eigenvalue weighted by Gasteiger charge is 2.27. The van der Waals surface area contributed by atoms with Gasteiger partial charge in [0.25, 0.3) is 0 Å². The summed E-state index contributed by atoms with van der Waals surface area (Å²) in [6, 6.07) is 7.55. The number of hydrogen-bond acceptors (Lipinski definition) is 4. The second-order valence-corrected chi connectivity index (χ2v) is 5.91. The minimum Gasteiger partial charge on any atom is -0.301 e. The molecule has 0 spiro atoms. The summed E-state index contributed by atoms with van der Waals surface area (Å²) in [4.78, 5) is 19.1. The molecule has 5 nitrogen and oxygen atoms in total. The molecule has 3 rings (SSSR count). The maximum absolute atomic E-state index is 12.5. The number of Topliss-reactive ketones (excluding diaryl/α,β-unsaturated/α-hetero) is 1. The van der Waals surface area contributed by atoms with Gasteiger partial charge >= 0.3 is 0 Å². The van der Waals surface area contributed by atoms with E-state index in [9.17, 15) is 4.79 Å². The predicted molar refractivity (Wildman–Crippen MR) is 84.7 cm³/mol. The summed E-state index contributed by atoms with van der Waals surface area (Å²) in [5.41, 5.74) is 1.77. The SMILES string of the molecule is Cc1ccnn1CCN1CCC[C@@H](C(=O)c2ccccn2)C1. The monoisotopic (exact) mass is 298 g/mol. The number of carbonyl (C=O) groups excluding carboxylic acids is 1. The summed E-state index contributed by atoms with van der Waals surface area (Å²) in [7, 11) is 0. The Morgan fingerprint density at radius 2 is 2.18 bits per heavy atom. The summed E-state index contributed by atoms with van der Waals surface area (Å²) >= 11 is 0. The van der Waals surface area contributed by atoms with Crippen molar-refractivity contribution in [2.24, 2.45) is 5.92 Å². The highest BCUT2D eigenvalue weighted by atomic mass is 16.1. The second kappa shape index (κ2) is 6.83. The zero-order valence-electron chi connectivity index (χ0n) is 13.0. The second-order valence-electron chi connectivity index (χ2n) is 5.91. The van der Waals surface area contributed by atoms with Crippen LogP contribution in [-0.4, -0.2) is 45.1 Å². The number of aromatic nitrogens is 3. The van der Waals surface area contributed by atoms with E-state index in [1.165, 1.54) is 5.69 Å². The van der Waals surface area contributed by atoms with Crippen molar-refractivity contribution >= 4 is 5.78 Å². The quantitative estimate of drug-likeness (QED) is 0.794. The number of aryl methyl sites for hydroxylation is 1. The molecule has 1 fully saturated rings. The number of ketones is 1. The number of piperidine rings is 1. The van der Waals surface area contributed by atoms with Gasteiger partial charge in [0, 0.05) is 37.1 Å². The van der Waals surface area contributed by atoms with Crippen LogP contribution in [0.25, 0.3) is 0 Å². The lowest BCUT2D eigenvalue weighted by molar-refractivity contribution is 0.0809. The van der Waals surface area contributed by atoms with Crippen LogP contribution in [0.3, 0.4) is 0 Å². The number of likely N-dealkylation sites (tertiary alicyclic amines) is 1. The third kappa shape index (κ3) is 3.42. The Hall–Kier alpha value is -2.01. The molecule has 0 unspecified atom stereocenters. The van der Waals surface area contributed by atoms with Crippen LogP contribution in [0.2, 0.25) is 0 Å². The Balaban J connectivity index is 1.57. The first kappa shape index (κ1) is 14.9. The van der Waals surface area contributed by atoms with Crippen LogP contribution < -0.4 is 0 Å². The first-order valence-corrected chi connectivity index (χ1v) is 7.90. The van der Waals surface area contributed by atoms with Crippen molar-refractivity contribution in [1.29, 1.82) is 0 Å². The van der Waals surface area contributed by atoms with Crippen LogP contribution in [0, 0.1) is 12.8 Å². The average Bonchev–Trinajstić information content (AvgIpc) is 2.98. The fraction of sp³-hybridized carbons (Fsp3) is 0.471. The number of carbonyl (C=O) groups is 1. The molecule has 116 valence electrons. The average molecular weight is 298 g/mol. The molecule has 0 aliphatic carbocycles. The van der Waals surface area contributed by atoms with E-state index >= 15 is 0 Å². The molecule has 0 N–H and O–H groups in total. The van der Waals surface area contributed by atoms with Gasteiger partial charge in [0.15, 0.2) is 5.78 Å². The van der Waals surface area contributed by atoms with Crippen LogP contribution in [0.4, 0.5) is 0 Å². The van der Waals surface area contributed by atoms with Gasteiger partial charge in [0.1, 0.15) is 5.69 Å². The molecule has 2 aromatic heterocycles. The summed E-state index contributed by atoms with van der Waals surface area (Å²) in [6.07, 6.45) is 5.56. The summed E-state index contributed by atoms with van der Waals surface area (Å²) < 4.78 is 2.02. The molecule has 0 saturated carbocycles. The van der Waals surface area contributed by atoms with Gasteiger partial charge in [-0.3, -0.25) is 14.5 Å². The lowest BCUT2D eigenvalue weighted by atomic mass is 9.92. The summed E-state index contributed by atoms with van der Waals surface area (Å²) in [5, 5.41) is 4.31. The lowest BCUT2D eigenvalue weighted by Crippen LogP contribution is -2.40. The molecule has 0 bridgehead atoms. The van der Waals surface area contributed by atoms with Crippen molar-refractivity contribution in [3.05, 3.63) is 48.0 Å². The minimum absolute atomic E-state index is 0.0716. The molecule has 1 aliphatic heterocycles. The van der Waals surface area contributed by atoms with Crippen molar-refractivity contribution < 1.29 is 4.79 Å². The standard InChI is InChI=1S/C17H22N4O/c1-14-7-9-19-21(14)12-11-20-10-4-5-15(13-20)17(22)16-6-2-3-8-18-16/h2-3,6-9,15H,4-5,10-13H2,1H3/t15-/m1/s1. The van der Waals surface area contributed by atoms with Crippen molar-refractivity contribution in [2.75, 3.05) is 19.6 Å². The third-order valence-electron chi connectivity index (χ3n) is 4.35. The van der Waals surface area contributed by atoms with E-state index in [4.69, 9.17) is 0 Å². The van der Waals surface area contributed by atoms with Crippen LogP contribution >= 0.6 is 0 Å². The summed E-state index contributed by atoms with van der Waals surface area (Å²) in [5.74, 6) is 0.253. The zero-order valence-corrected chi connectivity index (χ0v) is 13.0. The van der Waals surface area contributed by atoms with Crippen molar-refractivity contribution in [1.82, 2.24) is 19.7 Å². The van der Waals surface area contributed by atoms with Gasteiger partial charge in [0.2, 0.25) is 0 Å². The molecule has 22 heavy (non-hydrogen) atoms. The van der Waals surface area contributed by atoms with Crippen LogP contribution in [-0.2, 0) is 6.54 Å². The first-order valence-electron chi connectivity index (χ1n) is 7.90. The molecule has 0 amide bonds. The van der Waals surface area contributed by atoms with Crippen molar-refractivity contribution in [2.45, 2.75) is 26.3 Å². The van der Waals surface area contributed by atoms with Crippen molar-refractivity contribution in [3.63, 3.8) is 0 Å². The number of pyridine rings is 1. The fourth-order valence-corrected chi connectivity index (χ4v) is 3.06. The van der Waals surface area contributed by atoms with Crippen molar-refractivity contribution in [3.8, 4) is 0 Å². The van der Waals surface area contributed by atoms with Crippen LogP contribution in [0.15, 0.2) is 36.7 Å². The Kier molecular flexibility index (Phi) is 4.63. The van der Waals surface area contributed by atoms with Gasteiger partial charge in [-0.25, -0.2) is 0 Å². The topological polar surface area (TPSA) is 51.0 Å². The summed E-state index contributed by atoms with van der Waals surface area (Å²) in [6.45, 7) is 5.77. The number of nitrogens with zero attached hydrogens (tertiary/aromatic N) is 4. The van der Waals surface area contributed by atoms with E-state index in [2.05, 4.69) is 21.9 Å². The fourth-order valence-electron chi connectivity index (χ4n) is 3.06. The van der Waals surface area contributed by atoms with Crippen LogP contribution in [0.5, 0.6) is 0 Å². The minimum atomic E-state index is 0.0716. The third-order valence-corrected chi connectivity index (χ3v) is 4.35. The highest BCUT2D eigenvalue weighted by Crippen LogP contribution is 2.20. The molecule has 1 saturated heterocycles. The first-order chi connectivity index (χ1) is 10.7. The normalized spacial score (nSPS) is 19.2. The van der Waals surface area contributed by atoms with Gasteiger partial charge in [-0.1, -0.05) is 6.07 Å². The van der Waals surface area contributed by atoms with Gasteiger partial charge in [0.05, 0.1) is 6.54 Å².